The Hall–Kier alpha value is -0.693. The minimum absolute atomic E-state index is 0.000000000000000222. The first kappa shape index (κ1) is 10.3. The van der Waals surface area contributed by atoms with Crippen molar-refractivity contribution in [3.8, 4) is 0 Å². The van der Waals surface area contributed by atoms with Gasteiger partial charge in [-0.15, -0.1) is 0 Å². The summed E-state index contributed by atoms with van der Waals surface area (Å²) in [5.41, 5.74) is 9.24. The smallest absolute Gasteiger partial charge is 0.511 e. The van der Waals surface area contributed by atoms with Gasteiger partial charge in [-0.3, -0.25) is 4.46 Å². The van der Waals surface area contributed by atoms with E-state index < -0.39 is 9.17 Å². The molecule has 0 rings (SSSR count). The molecule has 0 bridgehead atoms. The first-order chi connectivity index (χ1) is 3.46. The predicted octanol–water partition coefficient (Wildman–Crippen LogP) is -2.42. The molecule has 8 heavy (non-hydrogen) atoms. The summed E-state index contributed by atoms with van der Waals surface area (Å²) < 4.78 is 8.74. The molecule has 0 aliphatic heterocycles. The Balaban J connectivity index is 0. The second-order valence-electron chi connectivity index (χ2n) is 0.685. The monoisotopic (exact) mass is 154 g/mol. The zero-order chi connectivity index (χ0) is 7.15. The molecular formula is CH6N2O3SSi. The third kappa shape index (κ3) is 205. The van der Waals surface area contributed by atoms with E-state index in [1.807, 2.05) is 0 Å². The lowest BCUT2D eigenvalue weighted by atomic mass is 11.3. The van der Waals surface area contributed by atoms with Gasteiger partial charge in [0.15, 0.2) is 5.11 Å². The van der Waals surface area contributed by atoms with Gasteiger partial charge in [0.25, 0.3) is 0 Å². The van der Waals surface area contributed by atoms with Crippen LogP contribution in [-0.4, -0.2) is 23.9 Å². The summed E-state index contributed by atoms with van der Waals surface area (Å²) in [7, 11) is -3.13. The maximum atomic E-state index is 8.74. The molecule has 48 valence electrons. The molecular weight excluding hydrogens is 148 g/mol. The molecule has 0 amide bonds. The average Bonchev–Trinajstić information content (AvgIpc) is 1.25. The Kier molecular flexibility index (Phi) is 8.14. The fraction of sp³-hybridized carbons (Fsp3) is 0. The van der Waals surface area contributed by atoms with Crippen molar-refractivity contribution < 1.29 is 14.1 Å². The van der Waals surface area contributed by atoms with Crippen LogP contribution < -0.4 is 11.5 Å². The Morgan fingerprint density at radius 1 is 1.50 bits per heavy atom. The van der Waals surface area contributed by atoms with Gasteiger partial charge in [0.05, 0.1) is 0 Å². The highest BCUT2D eigenvalue weighted by atomic mass is 32.1. The second kappa shape index (κ2) is 6.31. The molecule has 5 nitrogen and oxygen atoms in total. The lowest BCUT2D eigenvalue weighted by Gasteiger charge is -1.68. The van der Waals surface area contributed by atoms with Crippen LogP contribution in [0.25, 0.3) is 0 Å². The van der Waals surface area contributed by atoms with Gasteiger partial charge in [0.1, 0.15) is 0 Å². The molecule has 0 radical (unpaired) electrons. The van der Waals surface area contributed by atoms with E-state index in [4.69, 9.17) is 14.1 Å². The Bertz CT molecular complexity index is 75.3. The summed E-state index contributed by atoms with van der Waals surface area (Å²) in [6, 6.07) is 0. The van der Waals surface area contributed by atoms with Crippen molar-refractivity contribution >= 4 is 26.5 Å². The highest BCUT2D eigenvalue weighted by Crippen LogP contribution is 1.32. The molecule has 0 aliphatic rings. The third-order valence-electron chi connectivity index (χ3n) is 0. The van der Waals surface area contributed by atoms with Gasteiger partial charge in [-0.05, 0) is 12.2 Å². The lowest BCUT2D eigenvalue weighted by Crippen LogP contribution is -2.18. The first-order valence-corrected chi connectivity index (χ1v) is 3.14. The second-order valence-corrected chi connectivity index (χ2v) is 1.72. The Labute approximate surface area is 52.8 Å². The fourth-order valence-electron chi connectivity index (χ4n) is 0. The van der Waals surface area contributed by atoms with E-state index in [2.05, 4.69) is 23.7 Å². The van der Waals surface area contributed by atoms with E-state index in [1.165, 1.54) is 0 Å². The topological polar surface area (TPSA) is 110 Å². The minimum atomic E-state index is -3.13. The Morgan fingerprint density at radius 2 is 1.50 bits per heavy atom. The molecule has 0 fully saturated rings. The van der Waals surface area contributed by atoms with Crippen LogP contribution in [-0.2, 0) is 4.46 Å². The summed E-state index contributed by atoms with van der Waals surface area (Å²) >= 11 is 4.09. The molecule has 0 saturated heterocycles. The van der Waals surface area contributed by atoms with Crippen molar-refractivity contribution in [1.82, 2.24) is 0 Å². The maximum absolute atomic E-state index is 8.74. The van der Waals surface area contributed by atoms with Gasteiger partial charge in [0.2, 0.25) is 0 Å². The SMILES string of the molecule is NC(N)=S.O=[Si](O)O. The van der Waals surface area contributed by atoms with Gasteiger partial charge in [-0.25, -0.2) is 0 Å². The predicted molar refractivity (Wildman–Crippen MR) is 31.9 cm³/mol. The molecule has 7 heteroatoms. The molecule has 0 aliphatic carbocycles. The molecule has 0 spiro atoms. The van der Waals surface area contributed by atoms with Crippen LogP contribution in [0.2, 0.25) is 0 Å². The quantitative estimate of drug-likeness (QED) is 0.228. The number of thiocarbonyl (C=S) groups is 1. The first-order valence-electron chi connectivity index (χ1n) is 1.43. The summed E-state index contributed by atoms with van der Waals surface area (Å²) in [6.45, 7) is 0. The minimum Gasteiger partial charge on any atom is -0.511 e. The average molecular weight is 154 g/mol. The Morgan fingerprint density at radius 3 is 1.50 bits per heavy atom. The van der Waals surface area contributed by atoms with Crippen molar-refractivity contribution in [3.63, 3.8) is 0 Å². The molecule has 0 unspecified atom stereocenters. The number of nitrogens with two attached hydrogens (primary N) is 2. The van der Waals surface area contributed by atoms with Crippen LogP contribution in [0.3, 0.4) is 0 Å². The zero-order valence-corrected chi connectivity index (χ0v) is 5.68. The molecule has 0 aromatic heterocycles. The van der Waals surface area contributed by atoms with Crippen LogP contribution in [0.1, 0.15) is 0 Å². The van der Waals surface area contributed by atoms with Crippen LogP contribution in [0.4, 0.5) is 0 Å². The van der Waals surface area contributed by atoms with Crippen LogP contribution in [0, 0.1) is 0 Å². The van der Waals surface area contributed by atoms with E-state index in [-0.39, 0.29) is 5.11 Å². The summed E-state index contributed by atoms with van der Waals surface area (Å²) in [5, 5.41) is 0.000000000000000222. The normalized spacial score (nSPS) is 6.00. The number of rotatable bonds is 0. The lowest BCUT2D eigenvalue weighted by molar-refractivity contribution is 0.330. The van der Waals surface area contributed by atoms with E-state index >= 15 is 0 Å². The highest BCUT2D eigenvalue weighted by Gasteiger charge is 1.85. The van der Waals surface area contributed by atoms with Gasteiger partial charge < -0.3 is 21.1 Å². The van der Waals surface area contributed by atoms with Gasteiger partial charge in [-0.1, -0.05) is 0 Å². The molecule has 0 heterocycles. The van der Waals surface area contributed by atoms with Crippen molar-refractivity contribution in [2.75, 3.05) is 0 Å². The van der Waals surface area contributed by atoms with Crippen LogP contribution in [0.15, 0.2) is 0 Å². The number of hydrogen-bond acceptors (Lipinski definition) is 2. The van der Waals surface area contributed by atoms with E-state index in [0.717, 1.165) is 0 Å². The standard InChI is InChI=1S/CH4N2S.H2O3Si/c2-1(3)4;1-4(2)3/h(H4,2,3,4);1-2H. The molecule has 0 aromatic rings. The van der Waals surface area contributed by atoms with Gasteiger partial charge >= 0.3 is 9.17 Å². The molecule has 0 aromatic carbocycles. The van der Waals surface area contributed by atoms with Crippen LogP contribution in [0.5, 0.6) is 0 Å². The third-order valence-corrected chi connectivity index (χ3v) is 0. The summed E-state index contributed by atoms with van der Waals surface area (Å²) in [6.07, 6.45) is 0. The largest absolute Gasteiger partial charge is 0.761 e. The maximum Gasteiger partial charge on any atom is 0.761 e. The highest BCUT2D eigenvalue weighted by molar-refractivity contribution is 7.80. The fourth-order valence-corrected chi connectivity index (χ4v) is 0. The van der Waals surface area contributed by atoms with Crippen LogP contribution >= 0.6 is 12.2 Å². The van der Waals surface area contributed by atoms with Crippen molar-refractivity contribution in [1.29, 1.82) is 0 Å². The van der Waals surface area contributed by atoms with E-state index in [9.17, 15) is 0 Å². The number of hydrogen-bond donors (Lipinski definition) is 4. The van der Waals surface area contributed by atoms with Crippen molar-refractivity contribution in [2.45, 2.75) is 0 Å². The summed E-state index contributed by atoms with van der Waals surface area (Å²) in [5.74, 6) is 0. The molecule has 6 N–H and O–H groups in total. The van der Waals surface area contributed by atoms with Gasteiger partial charge in [0, 0.05) is 0 Å². The van der Waals surface area contributed by atoms with E-state index in [0.29, 0.717) is 0 Å². The van der Waals surface area contributed by atoms with E-state index in [1.54, 1.807) is 0 Å². The van der Waals surface area contributed by atoms with Crippen molar-refractivity contribution in [3.05, 3.63) is 0 Å². The van der Waals surface area contributed by atoms with Crippen molar-refractivity contribution in [2.24, 2.45) is 11.5 Å². The van der Waals surface area contributed by atoms with Gasteiger partial charge in [-0.2, -0.15) is 0 Å². The summed E-state index contributed by atoms with van der Waals surface area (Å²) in [4.78, 5) is 14.3. The molecule has 0 saturated carbocycles. The molecule has 0 atom stereocenters. The zero-order valence-electron chi connectivity index (χ0n) is 3.87.